The van der Waals surface area contributed by atoms with Gasteiger partial charge in [0.05, 0.1) is 0 Å². The van der Waals surface area contributed by atoms with Gasteiger partial charge in [0.2, 0.25) is 0 Å². The van der Waals surface area contributed by atoms with Crippen molar-refractivity contribution in [1.82, 2.24) is 0 Å². The van der Waals surface area contributed by atoms with Gasteiger partial charge in [0.25, 0.3) is 0 Å². The van der Waals surface area contributed by atoms with Crippen molar-refractivity contribution in [2.75, 3.05) is 7.11 Å². The van der Waals surface area contributed by atoms with Crippen molar-refractivity contribution in [3.63, 3.8) is 0 Å². The van der Waals surface area contributed by atoms with Crippen LogP contribution in [0.25, 0.3) is 0 Å². The quantitative estimate of drug-likeness (QED) is 0.170. The molecule has 0 aromatic heterocycles. The van der Waals surface area contributed by atoms with E-state index in [9.17, 15) is 0 Å². The SMILES string of the molecule is CO.O.O.O=C=O.O=C=O.O=COOO.[C-]#[O+].[C-]#[O+].[HH].[HH]. The minimum atomic E-state index is -0.0417. The van der Waals surface area contributed by atoms with Gasteiger partial charge in [0.15, 0.2) is 0 Å². The fourth-order valence-electron chi connectivity index (χ4n) is 0.0176. The summed E-state index contributed by atoms with van der Waals surface area (Å²) in [6, 6.07) is 0. The molecule has 0 spiro atoms. The zero-order chi connectivity index (χ0) is 15.5. The first-order valence-electron chi connectivity index (χ1n) is 2.49. The second-order valence-electron chi connectivity index (χ2n) is 0.434. The Balaban J connectivity index is -0.00000000866. The molecule has 13 nitrogen and oxygen atoms in total. The minimum absolute atomic E-state index is 0. The number of hydrogen-bond donors (Lipinski definition) is 2. The Kier molecular flexibility index (Phi) is 1500. The average Bonchev–Trinajstić information content (AvgIpc) is 2.39. The fraction of sp³-hybridized carbons (Fsp3) is 0.167. The zero-order valence-electron chi connectivity index (χ0n) is 9.15. The summed E-state index contributed by atoms with van der Waals surface area (Å²) in [4.78, 5) is 44.6. The number of carbonyl (C=O) groups excluding carboxylic acids is 5. The molecule has 0 aromatic rings. The van der Waals surface area contributed by atoms with E-state index in [1.807, 2.05) is 0 Å². The molecule has 0 aliphatic carbocycles. The van der Waals surface area contributed by atoms with Crippen molar-refractivity contribution in [1.29, 1.82) is 0 Å². The van der Waals surface area contributed by atoms with Crippen molar-refractivity contribution in [3.8, 4) is 0 Å². The van der Waals surface area contributed by atoms with E-state index >= 15 is 0 Å². The van der Waals surface area contributed by atoms with Gasteiger partial charge in [-0.3, -0.25) is 9.68 Å². The minimum Gasteiger partial charge on any atom is 0 e. The van der Waals surface area contributed by atoms with Crippen molar-refractivity contribution in [3.05, 3.63) is 13.3 Å². The molecule has 6 N–H and O–H groups in total. The molecule has 0 saturated heterocycles. The molecule has 0 bridgehead atoms. The van der Waals surface area contributed by atoms with Gasteiger partial charge in [0, 0.05) is 9.96 Å². The molecule has 0 unspecified atom stereocenters. The van der Waals surface area contributed by atoms with Crippen LogP contribution in [0.5, 0.6) is 0 Å². The van der Waals surface area contributed by atoms with Gasteiger partial charge in [-0.25, -0.2) is 5.26 Å². The number of carbonyl (C=O) groups is 1. The third-order valence-corrected chi connectivity index (χ3v) is 0.0823. The number of aliphatic hydroxyl groups excluding tert-OH is 1. The molecule has 13 heteroatoms. The molecule has 0 aliphatic heterocycles. The summed E-state index contributed by atoms with van der Waals surface area (Å²) >= 11 is 0. The molecule has 0 heterocycles. The van der Waals surface area contributed by atoms with Crippen LogP contribution in [-0.2, 0) is 43.2 Å². The van der Waals surface area contributed by atoms with Gasteiger partial charge >= 0.3 is 41.4 Å². The molecule has 0 saturated carbocycles. The van der Waals surface area contributed by atoms with E-state index in [4.69, 9.17) is 43.6 Å². The Morgan fingerprint density at radius 2 is 1.16 bits per heavy atom. The molecule has 0 rings (SSSR count). The van der Waals surface area contributed by atoms with E-state index < -0.39 is 0 Å². The summed E-state index contributed by atoms with van der Waals surface area (Å²) in [7, 11) is 1.00. The first-order chi connectivity index (χ1) is 8.24. The normalized spacial score (nSPS) is 3.11. The van der Waals surface area contributed by atoms with Crippen LogP contribution in [0, 0.1) is 13.3 Å². The summed E-state index contributed by atoms with van der Waals surface area (Å²) in [5, 5.41) is 16.9. The fourth-order valence-corrected chi connectivity index (χ4v) is 0.0176. The van der Waals surface area contributed by atoms with Crippen molar-refractivity contribution in [2.24, 2.45) is 0 Å². The first-order valence-corrected chi connectivity index (χ1v) is 2.49. The third kappa shape index (κ3) is 11800. The monoisotopic (exact) mass is 294 g/mol. The number of aliphatic hydroxyl groups is 1. The second kappa shape index (κ2) is 518. The topological polar surface area (TPSA) is 247 Å². The van der Waals surface area contributed by atoms with Crippen molar-refractivity contribution < 1.29 is 67.4 Å². The summed E-state index contributed by atoms with van der Waals surface area (Å²) < 4.78 is 15.0. The van der Waals surface area contributed by atoms with Crippen LogP contribution >= 0.6 is 0 Å². The number of hydrogen-bond acceptors (Lipinski definition) is 9. The number of rotatable bonds is 2. The Morgan fingerprint density at radius 3 is 1.16 bits per heavy atom. The Morgan fingerprint density at radius 1 is 1.00 bits per heavy atom. The molecule has 0 aliphatic rings. The maximum absolute atomic E-state index is 8.90. The largest absolute Gasteiger partial charge is 0 e. The second-order valence-corrected chi connectivity index (χ2v) is 0.434. The Hall–Kier alpha value is -2.49. The van der Waals surface area contributed by atoms with E-state index in [1.54, 1.807) is 0 Å². The molecule has 0 radical (unpaired) electrons. The first kappa shape index (κ1) is 54.8. The van der Waals surface area contributed by atoms with Crippen LogP contribution in [0.1, 0.15) is 2.85 Å². The molecule has 0 aromatic carbocycles. The third-order valence-electron chi connectivity index (χ3n) is 0.0823. The zero-order valence-corrected chi connectivity index (χ0v) is 9.15. The van der Waals surface area contributed by atoms with Gasteiger partial charge in [-0.1, -0.05) is 0 Å². The summed E-state index contributed by atoms with van der Waals surface area (Å²) in [5.41, 5.74) is 0. The Bertz CT molecular complexity index is 185. The van der Waals surface area contributed by atoms with Crippen LogP contribution in [0.4, 0.5) is 0 Å². The van der Waals surface area contributed by atoms with Gasteiger partial charge < -0.3 is 16.1 Å². The molecule has 0 atom stereocenters. The molecular weight excluding hydrogens is 280 g/mol. The van der Waals surface area contributed by atoms with Crippen LogP contribution in [0.2, 0.25) is 0 Å². The molecular formula is C6H14O13. The predicted octanol–water partition coefficient (Wildman–Crippen LogP) is -3.23. The predicted molar refractivity (Wildman–Crippen MR) is 48.3 cm³/mol. The molecule has 0 amide bonds. The van der Waals surface area contributed by atoms with E-state index in [2.05, 4.69) is 23.2 Å². The summed E-state index contributed by atoms with van der Waals surface area (Å²) in [6.45, 7) is 8.96. The standard InChI is InChI=1S/CH2O4.2CO2.CH4O.2CO.2H2O.2H2/c2-1-4-5-3;2*2-1-3;3*1-2;;;;/h1,3H;;;2H,1H3;;;2*1H2;2*1H. The van der Waals surface area contributed by atoms with Crippen molar-refractivity contribution >= 4 is 18.8 Å². The van der Waals surface area contributed by atoms with Crippen LogP contribution in [0.15, 0.2) is 0 Å². The Labute approximate surface area is 108 Å². The van der Waals surface area contributed by atoms with E-state index in [0.717, 1.165) is 7.11 Å². The van der Waals surface area contributed by atoms with Gasteiger partial charge in [0.1, 0.15) is 0 Å². The summed E-state index contributed by atoms with van der Waals surface area (Å²) in [6.07, 6.45) is 0.500. The summed E-state index contributed by atoms with van der Waals surface area (Å²) in [5.74, 6) is 0. The van der Waals surface area contributed by atoms with Crippen LogP contribution in [-0.4, -0.2) is 47.2 Å². The maximum Gasteiger partial charge on any atom is 0 e. The van der Waals surface area contributed by atoms with E-state index in [0.29, 0.717) is 0 Å². The van der Waals surface area contributed by atoms with E-state index in [1.165, 1.54) is 0 Å². The molecule has 116 valence electrons. The molecule has 19 heavy (non-hydrogen) atoms. The van der Waals surface area contributed by atoms with Crippen LogP contribution in [0.3, 0.4) is 0 Å². The maximum atomic E-state index is 8.90. The van der Waals surface area contributed by atoms with Gasteiger partial charge in [-0.05, 0) is 5.04 Å². The van der Waals surface area contributed by atoms with E-state index in [-0.39, 0.29) is 32.6 Å². The van der Waals surface area contributed by atoms with Gasteiger partial charge in [-0.2, -0.15) is 19.2 Å². The van der Waals surface area contributed by atoms with Crippen molar-refractivity contribution in [2.45, 2.75) is 0 Å². The van der Waals surface area contributed by atoms with Crippen LogP contribution < -0.4 is 0 Å². The smallest absolute Gasteiger partial charge is 0 e. The molecule has 0 fully saturated rings. The average molecular weight is 294 g/mol. The van der Waals surface area contributed by atoms with Gasteiger partial charge in [-0.15, -0.1) is 0 Å².